The molecule has 1 unspecified atom stereocenters. The third-order valence-corrected chi connectivity index (χ3v) is 3.10. The minimum absolute atomic E-state index is 0.518. The summed E-state index contributed by atoms with van der Waals surface area (Å²) >= 11 is 0. The van der Waals surface area contributed by atoms with Gasteiger partial charge in [-0.1, -0.05) is 19.8 Å². The van der Waals surface area contributed by atoms with Crippen LogP contribution in [0, 0.1) is 0 Å². The molecule has 0 aromatic rings. The van der Waals surface area contributed by atoms with Crippen LogP contribution in [0.3, 0.4) is 0 Å². The average molecular weight is 239 g/mol. The van der Waals surface area contributed by atoms with E-state index in [9.17, 15) is 13.2 Å². The fraction of sp³-hybridized carbons (Fsp3) is 1.00. The number of alkyl halides is 3. The van der Waals surface area contributed by atoms with E-state index in [0.29, 0.717) is 6.54 Å². The normalized spacial score (nSPS) is 22.3. The van der Waals surface area contributed by atoms with Gasteiger partial charge in [0.25, 0.3) is 0 Å². The number of hydrogen-bond acceptors (Lipinski definition) is 2. The zero-order valence-electron chi connectivity index (χ0n) is 9.86. The highest BCUT2D eigenvalue weighted by atomic mass is 19.4. The van der Waals surface area contributed by atoms with E-state index in [2.05, 4.69) is 5.32 Å². The summed E-state index contributed by atoms with van der Waals surface area (Å²) in [6.07, 6.45) is -2.58. The van der Waals surface area contributed by atoms with Crippen molar-refractivity contribution in [1.29, 1.82) is 0 Å². The summed E-state index contributed by atoms with van der Waals surface area (Å²) in [6.45, 7) is 4.30. The summed E-state index contributed by atoms with van der Waals surface area (Å²) in [5, 5.41) is 3.10. The molecular weight excluding hydrogens is 219 g/mol. The molecular formula is C11H20F3NO. The van der Waals surface area contributed by atoms with E-state index in [0.717, 1.165) is 39.2 Å². The predicted molar refractivity (Wildman–Crippen MR) is 56.3 cm³/mol. The van der Waals surface area contributed by atoms with Crippen molar-refractivity contribution in [2.45, 2.75) is 57.4 Å². The van der Waals surface area contributed by atoms with E-state index in [4.69, 9.17) is 4.74 Å². The van der Waals surface area contributed by atoms with E-state index < -0.39 is 17.9 Å². The van der Waals surface area contributed by atoms with Gasteiger partial charge in [-0.2, -0.15) is 13.2 Å². The predicted octanol–water partition coefficient (Wildman–Crippen LogP) is 2.88. The third-order valence-electron chi connectivity index (χ3n) is 3.10. The molecule has 1 aliphatic rings. The van der Waals surface area contributed by atoms with Gasteiger partial charge in [0.2, 0.25) is 0 Å². The molecule has 0 saturated heterocycles. The molecule has 0 aliphatic heterocycles. The summed E-state index contributed by atoms with van der Waals surface area (Å²) < 4.78 is 42.6. The molecule has 0 bridgehead atoms. The summed E-state index contributed by atoms with van der Waals surface area (Å²) in [6, 6.07) is 0. The van der Waals surface area contributed by atoms with Crippen LogP contribution >= 0.6 is 0 Å². The van der Waals surface area contributed by atoms with E-state index in [-0.39, 0.29) is 0 Å². The van der Waals surface area contributed by atoms with Gasteiger partial charge in [0, 0.05) is 6.54 Å². The average Bonchev–Trinajstić information content (AvgIpc) is 2.62. The van der Waals surface area contributed by atoms with Crippen LogP contribution in [0.1, 0.15) is 39.5 Å². The highest BCUT2D eigenvalue weighted by molar-refractivity contribution is 4.90. The lowest BCUT2D eigenvalue weighted by Gasteiger charge is -2.33. The highest BCUT2D eigenvalue weighted by Crippen LogP contribution is 2.36. The first-order chi connectivity index (χ1) is 7.40. The molecule has 0 spiro atoms. The Bertz CT molecular complexity index is 212. The number of ether oxygens (including phenoxy) is 1. The number of halogens is 3. The number of rotatable bonds is 5. The molecule has 1 N–H and O–H groups in total. The lowest BCUT2D eigenvalue weighted by atomic mass is 10.0. The van der Waals surface area contributed by atoms with Crippen LogP contribution in [0.15, 0.2) is 0 Å². The Morgan fingerprint density at radius 1 is 1.31 bits per heavy atom. The van der Waals surface area contributed by atoms with Gasteiger partial charge >= 0.3 is 6.18 Å². The van der Waals surface area contributed by atoms with Crippen molar-refractivity contribution in [2.24, 2.45) is 0 Å². The molecule has 1 aliphatic carbocycles. The lowest BCUT2D eigenvalue weighted by molar-refractivity contribution is -0.245. The van der Waals surface area contributed by atoms with Gasteiger partial charge in [0.1, 0.15) is 0 Å². The summed E-state index contributed by atoms with van der Waals surface area (Å²) in [5.74, 6) is 0. The van der Waals surface area contributed by atoms with E-state index in [1.165, 1.54) is 0 Å². The Labute approximate surface area is 94.5 Å². The standard InChI is InChI=1S/C11H20F3NO/c1-3-15-8-10(6-4-5-7-10)16-9(2)11(12,13)14/h9,15H,3-8H2,1-2H3. The topological polar surface area (TPSA) is 21.3 Å². The van der Waals surface area contributed by atoms with Crippen LogP contribution in [0.2, 0.25) is 0 Å². The molecule has 1 saturated carbocycles. The monoisotopic (exact) mass is 239 g/mol. The molecule has 1 rings (SSSR count). The fourth-order valence-electron chi connectivity index (χ4n) is 2.15. The molecule has 0 aromatic heterocycles. The fourth-order valence-corrected chi connectivity index (χ4v) is 2.15. The first kappa shape index (κ1) is 13.8. The van der Waals surface area contributed by atoms with Gasteiger partial charge in [-0.3, -0.25) is 0 Å². The zero-order valence-corrected chi connectivity index (χ0v) is 9.86. The second-order valence-corrected chi connectivity index (χ2v) is 4.47. The van der Waals surface area contributed by atoms with Crippen LogP contribution in [-0.4, -0.2) is 31.0 Å². The van der Waals surface area contributed by atoms with Crippen molar-refractivity contribution >= 4 is 0 Å². The minimum Gasteiger partial charge on any atom is -0.361 e. The van der Waals surface area contributed by atoms with Crippen molar-refractivity contribution in [1.82, 2.24) is 5.32 Å². The van der Waals surface area contributed by atoms with Crippen molar-refractivity contribution in [2.75, 3.05) is 13.1 Å². The van der Waals surface area contributed by atoms with E-state index in [1.807, 2.05) is 6.92 Å². The third kappa shape index (κ3) is 3.63. The van der Waals surface area contributed by atoms with Crippen molar-refractivity contribution in [3.05, 3.63) is 0 Å². The van der Waals surface area contributed by atoms with E-state index in [1.54, 1.807) is 0 Å². The Balaban J connectivity index is 2.57. The molecule has 0 amide bonds. The summed E-state index contributed by atoms with van der Waals surface area (Å²) in [4.78, 5) is 0. The van der Waals surface area contributed by atoms with Crippen molar-refractivity contribution < 1.29 is 17.9 Å². The summed E-state index contributed by atoms with van der Waals surface area (Å²) in [5.41, 5.74) is -0.606. The molecule has 16 heavy (non-hydrogen) atoms. The van der Waals surface area contributed by atoms with Gasteiger partial charge in [-0.05, 0) is 26.3 Å². The number of nitrogens with one attached hydrogen (secondary N) is 1. The molecule has 0 radical (unpaired) electrons. The molecule has 1 atom stereocenters. The maximum absolute atomic E-state index is 12.4. The Hall–Kier alpha value is -0.290. The van der Waals surface area contributed by atoms with Crippen molar-refractivity contribution in [3.8, 4) is 0 Å². The lowest BCUT2D eigenvalue weighted by Crippen LogP contribution is -2.46. The molecule has 2 nitrogen and oxygen atoms in total. The van der Waals surface area contributed by atoms with Crippen LogP contribution < -0.4 is 5.32 Å². The van der Waals surface area contributed by atoms with Crippen LogP contribution in [-0.2, 0) is 4.74 Å². The molecule has 96 valence electrons. The second kappa shape index (κ2) is 5.36. The Morgan fingerprint density at radius 3 is 2.31 bits per heavy atom. The minimum atomic E-state index is -4.26. The largest absolute Gasteiger partial charge is 0.414 e. The van der Waals surface area contributed by atoms with Gasteiger partial charge in [0.15, 0.2) is 6.10 Å². The zero-order chi connectivity index (χ0) is 12.2. The first-order valence-corrected chi connectivity index (χ1v) is 5.85. The number of likely N-dealkylation sites (N-methyl/N-ethyl adjacent to an activating group) is 1. The highest BCUT2D eigenvalue weighted by Gasteiger charge is 2.44. The first-order valence-electron chi connectivity index (χ1n) is 5.85. The van der Waals surface area contributed by atoms with Crippen molar-refractivity contribution in [3.63, 3.8) is 0 Å². The van der Waals surface area contributed by atoms with E-state index >= 15 is 0 Å². The van der Waals surface area contributed by atoms with Gasteiger partial charge in [0.05, 0.1) is 5.60 Å². The Morgan fingerprint density at radius 2 is 1.88 bits per heavy atom. The van der Waals surface area contributed by atoms with Gasteiger partial charge < -0.3 is 10.1 Å². The van der Waals surface area contributed by atoms with Gasteiger partial charge in [-0.25, -0.2) is 0 Å². The molecule has 0 aromatic carbocycles. The smallest absolute Gasteiger partial charge is 0.361 e. The maximum atomic E-state index is 12.4. The molecule has 1 fully saturated rings. The molecule has 5 heteroatoms. The van der Waals surface area contributed by atoms with Gasteiger partial charge in [-0.15, -0.1) is 0 Å². The SMILES string of the molecule is CCNCC1(OC(C)C(F)(F)F)CCCC1. The van der Waals surface area contributed by atoms with Crippen LogP contribution in [0.4, 0.5) is 13.2 Å². The summed E-state index contributed by atoms with van der Waals surface area (Å²) in [7, 11) is 0. The Kier molecular flexibility index (Phi) is 4.62. The molecule has 0 heterocycles. The number of hydrogen-bond donors (Lipinski definition) is 1. The maximum Gasteiger partial charge on any atom is 0.414 e. The second-order valence-electron chi connectivity index (χ2n) is 4.47. The van der Waals surface area contributed by atoms with Crippen LogP contribution in [0.5, 0.6) is 0 Å². The van der Waals surface area contributed by atoms with Crippen LogP contribution in [0.25, 0.3) is 0 Å². The quantitative estimate of drug-likeness (QED) is 0.796.